The van der Waals surface area contributed by atoms with Crippen molar-refractivity contribution in [1.82, 2.24) is 14.8 Å². The van der Waals surface area contributed by atoms with E-state index in [1.54, 1.807) is 6.07 Å². The van der Waals surface area contributed by atoms with E-state index in [0.29, 0.717) is 31.2 Å². The zero-order chi connectivity index (χ0) is 18.4. The zero-order valence-electron chi connectivity index (χ0n) is 14.9. The number of rotatable bonds is 3. The quantitative estimate of drug-likeness (QED) is 0.864. The maximum atomic E-state index is 13.1. The van der Waals surface area contributed by atoms with Gasteiger partial charge in [-0.25, -0.2) is 8.42 Å². The Morgan fingerprint density at radius 2 is 2.00 bits per heavy atom. The Labute approximate surface area is 152 Å². The lowest BCUT2D eigenvalue weighted by molar-refractivity contribution is -0.105. The molecule has 0 bridgehead atoms. The van der Waals surface area contributed by atoms with E-state index >= 15 is 0 Å². The van der Waals surface area contributed by atoms with Crippen molar-refractivity contribution < 1.29 is 22.1 Å². The van der Waals surface area contributed by atoms with Gasteiger partial charge in [0.15, 0.2) is 5.76 Å². The molecule has 9 heteroatoms. The summed E-state index contributed by atoms with van der Waals surface area (Å²) < 4.78 is 44.5. The van der Waals surface area contributed by atoms with Crippen LogP contribution in [0, 0.1) is 13.8 Å². The third-order valence-electron chi connectivity index (χ3n) is 5.28. The third-order valence-corrected chi connectivity index (χ3v) is 7.00. The van der Waals surface area contributed by atoms with E-state index in [4.69, 9.17) is 13.7 Å². The molecule has 0 aliphatic carbocycles. The molecule has 2 aliphatic rings. The maximum absolute atomic E-state index is 13.1. The summed E-state index contributed by atoms with van der Waals surface area (Å²) in [4.78, 5) is 0. The molecule has 8 nitrogen and oxygen atoms in total. The number of furan rings is 1. The van der Waals surface area contributed by atoms with Crippen molar-refractivity contribution in [2.75, 3.05) is 32.8 Å². The molecule has 1 N–H and O–H groups in total. The van der Waals surface area contributed by atoms with Gasteiger partial charge in [-0.05, 0) is 51.9 Å². The van der Waals surface area contributed by atoms with Crippen molar-refractivity contribution in [3.8, 4) is 11.5 Å². The Balaban J connectivity index is 1.60. The average molecular weight is 381 g/mol. The molecule has 2 fully saturated rings. The van der Waals surface area contributed by atoms with Crippen LogP contribution in [-0.2, 0) is 14.8 Å². The first-order valence-corrected chi connectivity index (χ1v) is 10.2. The normalized spacial score (nSPS) is 21.3. The van der Waals surface area contributed by atoms with Crippen LogP contribution in [-0.4, -0.2) is 56.3 Å². The molecule has 0 aromatic carbocycles. The first-order chi connectivity index (χ1) is 12.4. The van der Waals surface area contributed by atoms with Crippen molar-refractivity contribution in [2.24, 2.45) is 0 Å². The summed E-state index contributed by atoms with van der Waals surface area (Å²) in [7, 11) is -3.73. The largest absolute Gasteiger partial charge is 0.440 e. The van der Waals surface area contributed by atoms with Gasteiger partial charge in [0.1, 0.15) is 0 Å². The summed E-state index contributed by atoms with van der Waals surface area (Å²) >= 11 is 0. The van der Waals surface area contributed by atoms with E-state index in [1.807, 2.05) is 13.8 Å². The van der Waals surface area contributed by atoms with Crippen LogP contribution in [0.5, 0.6) is 0 Å². The molecule has 2 aromatic rings. The fourth-order valence-electron chi connectivity index (χ4n) is 3.55. The van der Waals surface area contributed by atoms with Gasteiger partial charge in [-0.2, -0.15) is 4.31 Å². The lowest BCUT2D eigenvalue weighted by atomic mass is 9.91. The third kappa shape index (κ3) is 2.98. The first kappa shape index (κ1) is 17.7. The Kier molecular flexibility index (Phi) is 4.42. The smallest absolute Gasteiger partial charge is 0.276 e. The Hall–Kier alpha value is -1.68. The fraction of sp³-hybridized carbons (Fsp3) is 0.588. The molecule has 0 saturated carbocycles. The Morgan fingerprint density at radius 3 is 2.69 bits per heavy atom. The summed E-state index contributed by atoms with van der Waals surface area (Å²) in [6.45, 7) is 6.44. The van der Waals surface area contributed by atoms with E-state index < -0.39 is 15.6 Å². The number of nitrogens with one attached hydrogen (secondary N) is 1. The summed E-state index contributed by atoms with van der Waals surface area (Å²) in [5.74, 6) is 0.826. The van der Waals surface area contributed by atoms with E-state index in [2.05, 4.69) is 10.5 Å². The highest BCUT2D eigenvalue weighted by Gasteiger charge is 2.42. The van der Waals surface area contributed by atoms with Gasteiger partial charge in [-0.15, -0.1) is 0 Å². The van der Waals surface area contributed by atoms with Gasteiger partial charge >= 0.3 is 0 Å². The average Bonchev–Trinajstić information content (AvgIpc) is 3.24. The highest BCUT2D eigenvalue weighted by atomic mass is 32.2. The lowest BCUT2D eigenvalue weighted by Gasteiger charge is -2.44. The molecule has 4 heterocycles. The number of morpholine rings is 1. The molecule has 2 aromatic heterocycles. The molecule has 2 saturated heterocycles. The second-order valence-electron chi connectivity index (χ2n) is 6.96. The number of nitrogens with zero attached hydrogens (tertiary/aromatic N) is 2. The molecule has 0 atom stereocenters. The minimum absolute atomic E-state index is 0.0769. The van der Waals surface area contributed by atoms with Gasteiger partial charge in [0.25, 0.3) is 10.0 Å². The van der Waals surface area contributed by atoms with Gasteiger partial charge in [-0.1, -0.05) is 5.16 Å². The summed E-state index contributed by atoms with van der Waals surface area (Å²) in [5.41, 5.74) is 1.19. The van der Waals surface area contributed by atoms with Crippen LogP contribution in [0.3, 0.4) is 0 Å². The van der Waals surface area contributed by atoms with Crippen molar-refractivity contribution in [3.05, 3.63) is 23.4 Å². The van der Waals surface area contributed by atoms with Crippen LogP contribution >= 0.6 is 0 Å². The molecule has 0 unspecified atom stereocenters. The predicted molar refractivity (Wildman–Crippen MR) is 93.2 cm³/mol. The molecular formula is C17H23N3O5S. The van der Waals surface area contributed by atoms with Crippen molar-refractivity contribution >= 4 is 10.0 Å². The number of piperidine rings is 1. The topological polar surface area (TPSA) is 97.8 Å². The number of sulfonamides is 1. The van der Waals surface area contributed by atoms with Crippen LogP contribution in [0.2, 0.25) is 0 Å². The standard InChI is InChI=1S/C17H23N3O5S/c1-12-13(2)19-25-16(12)14-3-4-15(24-14)26(21,22)20-9-10-23-17(11-20)5-7-18-8-6-17/h3-4,18H,5-11H2,1-2H3. The van der Waals surface area contributed by atoms with Crippen LogP contribution < -0.4 is 5.32 Å². The van der Waals surface area contributed by atoms with Crippen molar-refractivity contribution in [1.29, 1.82) is 0 Å². The Morgan fingerprint density at radius 1 is 1.23 bits per heavy atom. The van der Waals surface area contributed by atoms with E-state index in [0.717, 1.165) is 37.2 Å². The van der Waals surface area contributed by atoms with Gasteiger partial charge in [0.05, 0.1) is 17.9 Å². The minimum Gasteiger partial charge on any atom is -0.440 e. The van der Waals surface area contributed by atoms with E-state index in [-0.39, 0.29) is 5.09 Å². The van der Waals surface area contributed by atoms with Crippen molar-refractivity contribution in [3.63, 3.8) is 0 Å². The number of ether oxygens (including phenoxy) is 1. The monoisotopic (exact) mass is 381 g/mol. The number of aryl methyl sites for hydroxylation is 1. The van der Waals surface area contributed by atoms with Gasteiger partial charge in [0.2, 0.25) is 10.9 Å². The highest BCUT2D eigenvalue weighted by Crippen LogP contribution is 2.33. The van der Waals surface area contributed by atoms with Crippen LogP contribution in [0.4, 0.5) is 0 Å². The first-order valence-electron chi connectivity index (χ1n) is 8.79. The summed E-state index contributed by atoms with van der Waals surface area (Å²) in [6.07, 6.45) is 1.61. The molecule has 0 amide bonds. The van der Waals surface area contributed by atoms with Crippen LogP contribution in [0.15, 0.2) is 26.2 Å². The zero-order valence-corrected chi connectivity index (χ0v) is 15.8. The molecule has 142 valence electrons. The van der Waals surface area contributed by atoms with Gasteiger partial charge in [-0.3, -0.25) is 0 Å². The van der Waals surface area contributed by atoms with E-state index in [9.17, 15) is 8.42 Å². The molecule has 0 radical (unpaired) electrons. The fourth-order valence-corrected chi connectivity index (χ4v) is 4.96. The number of hydrogen-bond donors (Lipinski definition) is 1. The second-order valence-corrected chi connectivity index (χ2v) is 8.83. The van der Waals surface area contributed by atoms with Gasteiger partial charge < -0.3 is 19.0 Å². The molecular weight excluding hydrogens is 358 g/mol. The van der Waals surface area contributed by atoms with Crippen molar-refractivity contribution in [2.45, 2.75) is 37.4 Å². The molecule has 26 heavy (non-hydrogen) atoms. The number of hydrogen-bond acceptors (Lipinski definition) is 7. The molecule has 4 rings (SSSR count). The molecule has 2 aliphatic heterocycles. The SMILES string of the molecule is Cc1noc(-c2ccc(S(=O)(=O)N3CCOC4(CCNCC4)C3)o2)c1C. The summed E-state index contributed by atoms with van der Waals surface area (Å²) in [5, 5.41) is 7.10. The van der Waals surface area contributed by atoms with Gasteiger partial charge in [0, 0.05) is 18.7 Å². The van der Waals surface area contributed by atoms with E-state index in [1.165, 1.54) is 10.4 Å². The summed E-state index contributed by atoms with van der Waals surface area (Å²) in [6, 6.07) is 3.09. The predicted octanol–water partition coefficient (Wildman–Crippen LogP) is 1.69. The highest BCUT2D eigenvalue weighted by molar-refractivity contribution is 7.89. The molecule has 1 spiro atoms. The van der Waals surface area contributed by atoms with Crippen LogP contribution in [0.1, 0.15) is 24.1 Å². The lowest BCUT2D eigenvalue weighted by Crippen LogP contribution is -2.57. The van der Waals surface area contributed by atoms with Crippen LogP contribution in [0.25, 0.3) is 11.5 Å². The second kappa shape index (κ2) is 6.49. The minimum atomic E-state index is -3.73. The number of aromatic nitrogens is 1. The maximum Gasteiger partial charge on any atom is 0.276 e. The Bertz CT molecular complexity index is 890.